The van der Waals surface area contributed by atoms with Gasteiger partial charge in [0.2, 0.25) is 15.9 Å². The van der Waals surface area contributed by atoms with Crippen molar-refractivity contribution < 1.29 is 32.2 Å². The number of amides is 3. The smallest absolute Gasteiger partial charge is 0.324 e. The molecule has 1 aromatic carbocycles. The monoisotopic (exact) mass is 483 g/mol. The Hall–Kier alpha value is -2.50. The van der Waals surface area contributed by atoms with Crippen LogP contribution in [-0.4, -0.2) is 62.4 Å². The van der Waals surface area contributed by atoms with Gasteiger partial charge in [0.25, 0.3) is 0 Å². The second-order valence-electron chi connectivity index (χ2n) is 8.41. The van der Waals surface area contributed by atoms with Crippen molar-refractivity contribution in [2.24, 2.45) is 5.92 Å². The number of aliphatic hydroxyl groups is 1. The zero-order chi connectivity index (χ0) is 24.1. The van der Waals surface area contributed by atoms with Gasteiger partial charge in [-0.25, -0.2) is 22.3 Å². The highest BCUT2D eigenvalue weighted by Crippen LogP contribution is 2.32. The van der Waals surface area contributed by atoms with Crippen molar-refractivity contribution in [1.82, 2.24) is 14.9 Å². The SMILES string of the molecule is CC[C@@](O)(CNS(=O)(=O)C/C=C/CN1CCC(=O)NC1=O)c1ccc(F)c(OCC2CC2)c1. The molecule has 3 N–H and O–H groups in total. The Labute approximate surface area is 193 Å². The number of halogens is 1. The van der Waals surface area contributed by atoms with E-state index in [1.54, 1.807) is 6.92 Å². The Bertz CT molecular complexity index is 1010. The highest BCUT2D eigenvalue weighted by atomic mass is 32.2. The summed E-state index contributed by atoms with van der Waals surface area (Å²) in [6, 6.07) is 3.54. The van der Waals surface area contributed by atoms with E-state index in [1.807, 2.05) is 0 Å². The third-order valence-electron chi connectivity index (χ3n) is 5.76. The van der Waals surface area contributed by atoms with Crippen LogP contribution in [0.3, 0.4) is 0 Å². The molecular weight excluding hydrogens is 453 g/mol. The first-order valence-electron chi connectivity index (χ1n) is 11.0. The van der Waals surface area contributed by atoms with Crippen LogP contribution in [0.2, 0.25) is 0 Å². The van der Waals surface area contributed by atoms with E-state index in [4.69, 9.17) is 4.74 Å². The molecule has 0 aromatic heterocycles. The first-order chi connectivity index (χ1) is 15.6. The molecular formula is C22H30FN3O6S. The number of urea groups is 1. The number of hydrogen-bond donors (Lipinski definition) is 3. The molecule has 0 spiro atoms. The van der Waals surface area contributed by atoms with Crippen LogP contribution in [0.1, 0.15) is 38.2 Å². The minimum atomic E-state index is -3.76. The largest absolute Gasteiger partial charge is 0.490 e. The zero-order valence-corrected chi connectivity index (χ0v) is 19.4. The lowest BCUT2D eigenvalue weighted by molar-refractivity contribution is -0.121. The predicted octanol–water partition coefficient (Wildman–Crippen LogP) is 1.63. The maximum atomic E-state index is 14.1. The zero-order valence-electron chi connectivity index (χ0n) is 18.5. The van der Waals surface area contributed by atoms with Crippen molar-refractivity contribution in [3.8, 4) is 5.75 Å². The molecule has 0 unspecified atom stereocenters. The number of benzene rings is 1. The van der Waals surface area contributed by atoms with Gasteiger partial charge in [0.05, 0.1) is 12.4 Å². The van der Waals surface area contributed by atoms with E-state index in [0.717, 1.165) is 12.8 Å². The van der Waals surface area contributed by atoms with Crippen molar-refractivity contribution in [3.05, 3.63) is 41.7 Å². The number of ether oxygens (including phenoxy) is 1. The molecule has 3 amide bonds. The summed E-state index contributed by atoms with van der Waals surface area (Å²) in [7, 11) is -3.76. The second kappa shape index (κ2) is 10.6. The summed E-state index contributed by atoms with van der Waals surface area (Å²) in [4.78, 5) is 24.2. The van der Waals surface area contributed by atoms with Gasteiger partial charge >= 0.3 is 6.03 Å². The summed E-state index contributed by atoms with van der Waals surface area (Å²) in [5.74, 6) is -0.737. The molecule has 2 fully saturated rings. The van der Waals surface area contributed by atoms with Crippen molar-refractivity contribution in [3.63, 3.8) is 0 Å². The molecule has 0 bridgehead atoms. The summed E-state index contributed by atoms with van der Waals surface area (Å²) in [5.41, 5.74) is -1.18. The van der Waals surface area contributed by atoms with Crippen LogP contribution < -0.4 is 14.8 Å². The van der Waals surface area contributed by atoms with Gasteiger partial charge in [0, 0.05) is 26.1 Å². The summed E-state index contributed by atoms with van der Waals surface area (Å²) in [5, 5.41) is 13.2. The lowest BCUT2D eigenvalue weighted by Gasteiger charge is -2.28. The highest BCUT2D eigenvalue weighted by molar-refractivity contribution is 7.89. The molecule has 1 saturated heterocycles. The van der Waals surface area contributed by atoms with E-state index in [1.165, 1.54) is 35.3 Å². The van der Waals surface area contributed by atoms with Crippen molar-refractivity contribution >= 4 is 22.0 Å². The molecule has 0 radical (unpaired) electrons. The molecule has 2 aliphatic rings. The minimum Gasteiger partial charge on any atom is -0.490 e. The fourth-order valence-electron chi connectivity index (χ4n) is 3.28. The van der Waals surface area contributed by atoms with E-state index in [-0.39, 0.29) is 49.9 Å². The lowest BCUT2D eigenvalue weighted by Crippen LogP contribution is -2.49. The van der Waals surface area contributed by atoms with Gasteiger partial charge in [-0.2, -0.15) is 0 Å². The van der Waals surface area contributed by atoms with Crippen LogP contribution in [-0.2, 0) is 20.4 Å². The van der Waals surface area contributed by atoms with Crippen LogP contribution in [0.4, 0.5) is 9.18 Å². The first kappa shape index (κ1) is 25.1. The molecule has 3 rings (SSSR count). The molecule has 1 aliphatic heterocycles. The number of nitrogens with one attached hydrogen (secondary N) is 2. The maximum Gasteiger partial charge on any atom is 0.324 e. The van der Waals surface area contributed by atoms with Crippen molar-refractivity contribution in [2.45, 2.75) is 38.2 Å². The molecule has 33 heavy (non-hydrogen) atoms. The van der Waals surface area contributed by atoms with Gasteiger partial charge in [-0.15, -0.1) is 0 Å². The van der Waals surface area contributed by atoms with Gasteiger partial charge in [0.1, 0.15) is 5.60 Å². The summed E-state index contributed by atoms with van der Waals surface area (Å²) in [6.07, 6.45) is 5.44. The van der Waals surface area contributed by atoms with Gasteiger partial charge in [-0.05, 0) is 42.9 Å². The number of sulfonamides is 1. The standard InChI is InChI=1S/C22H30FN3O6S/c1-2-22(29,17-7-8-18(23)19(13-17)32-14-16-5-6-16)15-24-33(30,31)12-4-3-10-26-11-9-20(27)25-21(26)28/h3-4,7-8,13,16,24,29H,2,5-6,9-12,14-15H2,1H3,(H,25,27,28)/b4-3+/t22-/m1/s1. The first-order valence-corrected chi connectivity index (χ1v) is 12.6. The lowest BCUT2D eigenvalue weighted by atomic mass is 9.91. The Morgan fingerprint density at radius 2 is 2.09 bits per heavy atom. The molecule has 11 heteroatoms. The van der Waals surface area contributed by atoms with Gasteiger partial charge in [-0.1, -0.05) is 25.1 Å². The fourth-order valence-corrected chi connectivity index (χ4v) is 4.25. The van der Waals surface area contributed by atoms with E-state index >= 15 is 0 Å². The molecule has 1 saturated carbocycles. The topological polar surface area (TPSA) is 125 Å². The third kappa shape index (κ3) is 7.24. The average molecular weight is 484 g/mol. The number of imide groups is 1. The van der Waals surface area contributed by atoms with Crippen LogP contribution in [0.25, 0.3) is 0 Å². The summed E-state index contributed by atoms with van der Waals surface area (Å²) < 4.78 is 46.8. The Morgan fingerprint density at radius 1 is 1.33 bits per heavy atom. The predicted molar refractivity (Wildman–Crippen MR) is 119 cm³/mol. The number of carbonyl (C=O) groups excluding carboxylic acids is 2. The Balaban J connectivity index is 1.55. The maximum absolute atomic E-state index is 14.1. The fraction of sp³-hybridized carbons (Fsp3) is 0.545. The van der Waals surface area contributed by atoms with Crippen molar-refractivity contribution in [2.75, 3.05) is 32.0 Å². The van der Waals surface area contributed by atoms with E-state index in [2.05, 4.69) is 10.0 Å². The van der Waals surface area contributed by atoms with Crippen LogP contribution in [0.15, 0.2) is 30.4 Å². The minimum absolute atomic E-state index is 0.0421. The van der Waals surface area contributed by atoms with Crippen LogP contribution in [0.5, 0.6) is 5.75 Å². The van der Waals surface area contributed by atoms with Crippen LogP contribution >= 0.6 is 0 Å². The van der Waals surface area contributed by atoms with E-state index in [9.17, 15) is 27.5 Å². The van der Waals surface area contributed by atoms with Gasteiger partial charge < -0.3 is 14.7 Å². The van der Waals surface area contributed by atoms with Gasteiger partial charge in [0.15, 0.2) is 11.6 Å². The molecule has 9 nitrogen and oxygen atoms in total. The van der Waals surface area contributed by atoms with Crippen molar-refractivity contribution in [1.29, 1.82) is 0 Å². The number of carbonyl (C=O) groups is 2. The number of nitrogens with zero attached hydrogens (tertiary/aromatic N) is 1. The second-order valence-corrected chi connectivity index (χ2v) is 10.3. The molecule has 1 heterocycles. The molecule has 182 valence electrons. The third-order valence-corrected chi connectivity index (χ3v) is 6.98. The average Bonchev–Trinajstić information content (AvgIpc) is 3.60. The summed E-state index contributed by atoms with van der Waals surface area (Å²) >= 11 is 0. The Kier molecular flexibility index (Phi) is 8.09. The number of rotatable bonds is 12. The Morgan fingerprint density at radius 3 is 2.76 bits per heavy atom. The molecule has 1 aliphatic carbocycles. The molecule has 1 atom stereocenters. The van der Waals surface area contributed by atoms with E-state index < -0.39 is 27.5 Å². The summed E-state index contributed by atoms with van der Waals surface area (Å²) in [6.45, 7) is 2.28. The normalized spacial score (nSPS) is 18.9. The van der Waals surface area contributed by atoms with E-state index in [0.29, 0.717) is 18.1 Å². The number of hydrogen-bond acceptors (Lipinski definition) is 6. The van der Waals surface area contributed by atoms with Gasteiger partial charge in [-0.3, -0.25) is 10.1 Å². The highest BCUT2D eigenvalue weighted by Gasteiger charge is 2.30. The van der Waals surface area contributed by atoms with Crippen LogP contribution in [0, 0.1) is 11.7 Å². The quantitative estimate of drug-likeness (QED) is 0.388. The molecule has 1 aromatic rings.